The maximum Gasteiger partial charge on any atom is 0.216 e. The first-order chi connectivity index (χ1) is 12.1. The Bertz CT molecular complexity index is 791. The third kappa shape index (κ3) is 3.46. The van der Waals surface area contributed by atoms with Gasteiger partial charge >= 0.3 is 0 Å². The van der Waals surface area contributed by atoms with Crippen molar-refractivity contribution in [1.29, 1.82) is 0 Å². The van der Waals surface area contributed by atoms with Crippen molar-refractivity contribution in [2.45, 2.75) is 29.8 Å². The number of likely N-dealkylation sites (tertiary alicyclic amines) is 1. The molecule has 7 heteroatoms. The number of piperidine rings is 1. The lowest BCUT2D eigenvalue weighted by atomic mass is 9.89. The van der Waals surface area contributed by atoms with E-state index in [1.807, 2.05) is 12.1 Å². The van der Waals surface area contributed by atoms with Crippen molar-refractivity contribution in [1.82, 2.24) is 14.6 Å². The Morgan fingerprint density at radius 2 is 1.92 bits per heavy atom. The van der Waals surface area contributed by atoms with E-state index < -0.39 is 15.9 Å². The van der Waals surface area contributed by atoms with E-state index in [-0.39, 0.29) is 4.90 Å². The normalized spacial score (nSPS) is 25.8. The van der Waals surface area contributed by atoms with Gasteiger partial charge in [-0.25, -0.2) is 0 Å². The molecule has 3 heterocycles. The number of benzene rings is 1. The monoisotopic (exact) mass is 359 g/mol. The van der Waals surface area contributed by atoms with E-state index in [9.17, 15) is 8.76 Å². The van der Waals surface area contributed by atoms with Gasteiger partial charge in [0.25, 0.3) is 0 Å². The largest absolute Gasteiger partial charge is 0.593 e. The molecule has 2 aromatic rings. The van der Waals surface area contributed by atoms with E-state index in [2.05, 4.69) is 14.6 Å². The van der Waals surface area contributed by atoms with Crippen LogP contribution in [0.15, 0.2) is 53.7 Å². The van der Waals surface area contributed by atoms with Crippen molar-refractivity contribution in [2.24, 2.45) is 0 Å². The zero-order valence-corrected chi connectivity index (χ0v) is 14.7. The number of hydrogen-bond acceptors (Lipinski definition) is 5. The zero-order valence-electron chi connectivity index (χ0n) is 13.9. The van der Waals surface area contributed by atoms with Gasteiger partial charge < -0.3 is 9.29 Å². The Kier molecular flexibility index (Phi) is 4.33. The van der Waals surface area contributed by atoms with Gasteiger partial charge in [0, 0.05) is 32.0 Å². The summed E-state index contributed by atoms with van der Waals surface area (Å²) >= 11 is 0. The molecule has 0 amide bonds. The molecular weight excluding hydrogens is 338 g/mol. The van der Waals surface area contributed by atoms with Gasteiger partial charge in [-0.1, -0.05) is 16.3 Å². The molecule has 0 bridgehead atoms. The lowest BCUT2D eigenvalue weighted by Crippen LogP contribution is -2.58. The van der Waals surface area contributed by atoms with Gasteiger partial charge in [0.1, 0.15) is 6.61 Å². The molecule has 0 aliphatic carbocycles. The quantitative estimate of drug-likeness (QED) is 0.830. The molecule has 1 saturated heterocycles. The molecule has 1 N–H and O–H groups in total. The SMILES string of the molecule is O=[S+]1([O-])NC2(CCN(Cc3ccncc3)CC2)COc2ccccc21. The number of pyridine rings is 1. The van der Waals surface area contributed by atoms with E-state index >= 15 is 0 Å². The van der Waals surface area contributed by atoms with Crippen molar-refractivity contribution in [3.63, 3.8) is 0 Å². The second kappa shape index (κ2) is 6.49. The Morgan fingerprint density at radius 1 is 1.20 bits per heavy atom. The van der Waals surface area contributed by atoms with E-state index in [1.165, 1.54) is 5.56 Å². The fourth-order valence-electron chi connectivity index (χ4n) is 3.51. The molecule has 132 valence electrons. The number of hydrogen-bond donors (Lipinski definition) is 1. The number of para-hydroxylation sites is 1. The summed E-state index contributed by atoms with van der Waals surface area (Å²) in [5.41, 5.74) is 0.683. The molecule has 1 atom stereocenters. The van der Waals surface area contributed by atoms with Crippen LogP contribution in [0.3, 0.4) is 0 Å². The van der Waals surface area contributed by atoms with Gasteiger partial charge in [0.05, 0.1) is 5.54 Å². The third-order valence-corrected chi connectivity index (χ3v) is 6.58. The summed E-state index contributed by atoms with van der Waals surface area (Å²) in [6.45, 7) is 2.87. The highest BCUT2D eigenvalue weighted by Crippen LogP contribution is 2.35. The lowest BCUT2D eigenvalue weighted by molar-refractivity contribution is 0.102. The van der Waals surface area contributed by atoms with E-state index in [0.29, 0.717) is 12.4 Å². The van der Waals surface area contributed by atoms with Crippen molar-refractivity contribution >= 4 is 10.4 Å². The Hall–Kier alpha value is -1.80. The van der Waals surface area contributed by atoms with Crippen LogP contribution in [0, 0.1) is 0 Å². The van der Waals surface area contributed by atoms with Gasteiger partial charge in [-0.15, -0.1) is 4.72 Å². The minimum Gasteiger partial charge on any atom is -0.593 e. The second-order valence-corrected chi connectivity index (χ2v) is 8.40. The van der Waals surface area contributed by atoms with E-state index in [4.69, 9.17) is 4.74 Å². The Balaban J connectivity index is 1.47. The average Bonchev–Trinajstić information content (AvgIpc) is 2.73. The fourth-order valence-corrected chi connectivity index (χ4v) is 5.10. The molecule has 2 aliphatic rings. The maximum absolute atomic E-state index is 12.7. The Labute approximate surface area is 148 Å². The predicted molar refractivity (Wildman–Crippen MR) is 93.6 cm³/mol. The highest BCUT2D eigenvalue weighted by Gasteiger charge is 2.45. The summed E-state index contributed by atoms with van der Waals surface area (Å²) in [5, 5.41) is 0. The minimum atomic E-state index is -3.56. The molecule has 25 heavy (non-hydrogen) atoms. The number of ether oxygens (including phenoxy) is 1. The van der Waals surface area contributed by atoms with Crippen LogP contribution in [0.25, 0.3) is 0 Å². The predicted octanol–water partition coefficient (Wildman–Crippen LogP) is 2.00. The molecule has 1 aromatic carbocycles. The van der Waals surface area contributed by atoms with Crippen LogP contribution in [0.1, 0.15) is 18.4 Å². The number of nitrogens with one attached hydrogen (secondary N) is 1. The van der Waals surface area contributed by atoms with Crippen molar-refractivity contribution in [2.75, 3.05) is 19.7 Å². The number of fused-ring (bicyclic) bond motifs is 1. The van der Waals surface area contributed by atoms with Crippen molar-refractivity contribution in [3.05, 3.63) is 54.4 Å². The first-order valence-electron chi connectivity index (χ1n) is 8.44. The van der Waals surface area contributed by atoms with Gasteiger partial charge in [0.2, 0.25) is 4.90 Å². The Morgan fingerprint density at radius 3 is 2.68 bits per heavy atom. The number of rotatable bonds is 2. The van der Waals surface area contributed by atoms with Crippen LogP contribution in [0.4, 0.5) is 0 Å². The van der Waals surface area contributed by atoms with Gasteiger partial charge in [-0.05, 0) is 42.7 Å². The molecule has 0 radical (unpaired) electrons. The van der Waals surface area contributed by atoms with Gasteiger partial charge in [-0.2, -0.15) is 0 Å². The fraction of sp³-hybridized carbons (Fsp3) is 0.389. The van der Waals surface area contributed by atoms with Crippen LogP contribution < -0.4 is 9.46 Å². The van der Waals surface area contributed by atoms with Crippen molar-refractivity contribution in [3.8, 4) is 5.75 Å². The highest BCUT2D eigenvalue weighted by atomic mass is 32.3. The third-order valence-electron chi connectivity index (χ3n) is 4.96. The van der Waals surface area contributed by atoms with Crippen LogP contribution in [-0.4, -0.2) is 39.7 Å². The smallest absolute Gasteiger partial charge is 0.216 e. The van der Waals surface area contributed by atoms with Crippen LogP contribution in [-0.2, 0) is 21.2 Å². The first-order valence-corrected chi connectivity index (χ1v) is 9.92. The molecular formula is C18H21N3O3S. The van der Waals surface area contributed by atoms with Crippen LogP contribution >= 0.6 is 0 Å². The summed E-state index contributed by atoms with van der Waals surface area (Å²) in [6.07, 6.45) is 5.05. The van der Waals surface area contributed by atoms with E-state index in [1.54, 1.807) is 36.7 Å². The molecule has 4 rings (SSSR count). The molecule has 1 unspecified atom stereocenters. The standard InChI is InChI=1S/C18H21N3O3S/c22-25(23)17-4-2-1-3-16(17)24-14-18(20-25)7-11-21(12-8-18)13-15-5-9-19-10-6-15/h1-6,9-10H,7-8,11-14H2,(H-,20,22,23). The number of nitrogens with zero attached hydrogens (tertiary/aromatic N) is 2. The highest BCUT2D eigenvalue weighted by molar-refractivity contribution is 7.96. The summed E-state index contributed by atoms with van der Waals surface area (Å²) in [4.78, 5) is 6.61. The van der Waals surface area contributed by atoms with Gasteiger partial charge in [-0.3, -0.25) is 9.88 Å². The molecule has 6 nitrogen and oxygen atoms in total. The summed E-state index contributed by atoms with van der Waals surface area (Å²) in [5.74, 6) is 0.436. The van der Waals surface area contributed by atoms with Crippen LogP contribution in [0.2, 0.25) is 0 Å². The number of aromatic nitrogens is 1. The van der Waals surface area contributed by atoms with E-state index in [0.717, 1.165) is 32.5 Å². The molecule has 1 fully saturated rings. The minimum absolute atomic E-state index is 0.228. The molecule has 1 aromatic heterocycles. The molecule has 2 aliphatic heterocycles. The summed E-state index contributed by atoms with van der Waals surface area (Å²) in [7, 11) is -3.56. The first kappa shape index (κ1) is 16.7. The maximum atomic E-state index is 12.7. The van der Waals surface area contributed by atoms with Gasteiger partial charge in [0.15, 0.2) is 16.1 Å². The summed E-state index contributed by atoms with van der Waals surface area (Å²) in [6, 6.07) is 10.8. The lowest BCUT2D eigenvalue weighted by Gasteiger charge is -2.40. The topological polar surface area (TPSA) is 77.5 Å². The average molecular weight is 359 g/mol. The molecule has 1 spiro atoms. The molecule has 0 saturated carbocycles. The van der Waals surface area contributed by atoms with Crippen molar-refractivity contribution < 1.29 is 13.5 Å². The zero-order chi connectivity index (χ0) is 17.3. The van der Waals surface area contributed by atoms with Crippen LogP contribution in [0.5, 0.6) is 5.75 Å². The number of sulfonamides is 1. The second-order valence-electron chi connectivity index (χ2n) is 6.75. The summed E-state index contributed by atoms with van der Waals surface area (Å²) < 4.78 is 34.2.